The van der Waals surface area contributed by atoms with Crippen molar-refractivity contribution >= 4 is 33.4 Å². The van der Waals surface area contributed by atoms with Crippen molar-refractivity contribution in [1.82, 2.24) is 14.5 Å². The lowest BCUT2D eigenvalue weighted by Gasteiger charge is -2.36. The number of carbonyl (C=O) groups excluding carboxylic acids is 2. The molecule has 0 aromatic heterocycles. The zero-order valence-electron chi connectivity index (χ0n) is 16.2. The number of nitrogens with one attached hydrogen (secondary N) is 1. The summed E-state index contributed by atoms with van der Waals surface area (Å²) in [4.78, 5) is 28.4. The Labute approximate surface area is 179 Å². The Morgan fingerprint density at radius 2 is 1.63 bits per heavy atom. The topological polar surface area (TPSA) is 86.8 Å². The summed E-state index contributed by atoms with van der Waals surface area (Å²) in [6.07, 6.45) is 0. The third-order valence-corrected chi connectivity index (χ3v) is 6.67. The maximum atomic E-state index is 13.2. The number of piperazine rings is 1. The fraction of sp³-hybridized carbons (Fsp3) is 0.300. The van der Waals surface area contributed by atoms with E-state index >= 15 is 0 Å². The summed E-state index contributed by atoms with van der Waals surface area (Å²) in [6.45, 7) is 2.51. The van der Waals surface area contributed by atoms with Crippen LogP contribution in [0.4, 0.5) is 4.39 Å². The van der Waals surface area contributed by atoms with Crippen molar-refractivity contribution in [3.8, 4) is 0 Å². The first-order chi connectivity index (χ1) is 14.2. The smallest absolute Gasteiger partial charge is 0.255 e. The molecule has 0 bridgehead atoms. The van der Waals surface area contributed by atoms with Gasteiger partial charge in [-0.25, -0.2) is 12.8 Å². The molecule has 2 aromatic carbocycles. The first kappa shape index (κ1) is 22.2. The monoisotopic (exact) mass is 453 g/mol. The van der Waals surface area contributed by atoms with Gasteiger partial charge in [-0.1, -0.05) is 29.8 Å². The molecule has 30 heavy (non-hydrogen) atoms. The van der Waals surface area contributed by atoms with Gasteiger partial charge in [-0.05, 0) is 37.3 Å². The molecule has 2 aromatic rings. The summed E-state index contributed by atoms with van der Waals surface area (Å²) in [5.41, 5.74) is 0.196. The number of amides is 2. The summed E-state index contributed by atoms with van der Waals surface area (Å²) in [5.74, 6) is -1.25. The number of benzene rings is 2. The van der Waals surface area contributed by atoms with E-state index in [1.807, 2.05) is 0 Å². The number of halogens is 2. The van der Waals surface area contributed by atoms with Crippen LogP contribution in [0.5, 0.6) is 0 Å². The molecular formula is C20H21ClFN3O4S. The SMILES string of the molecule is C[C@H](NS(=O)(=O)c1ccccc1)C(=O)N1CCN(C(=O)c2ccc(F)cc2Cl)CC1. The van der Waals surface area contributed by atoms with Gasteiger partial charge in [-0.15, -0.1) is 0 Å². The fourth-order valence-electron chi connectivity index (χ4n) is 3.19. The maximum absolute atomic E-state index is 13.2. The maximum Gasteiger partial charge on any atom is 0.255 e. The Morgan fingerprint density at radius 3 is 2.23 bits per heavy atom. The average molecular weight is 454 g/mol. The van der Waals surface area contributed by atoms with Crippen molar-refractivity contribution in [2.75, 3.05) is 26.2 Å². The molecule has 0 unspecified atom stereocenters. The van der Waals surface area contributed by atoms with Crippen LogP contribution in [0.1, 0.15) is 17.3 Å². The molecule has 1 fully saturated rings. The molecule has 2 amide bonds. The molecule has 7 nitrogen and oxygen atoms in total. The molecule has 10 heteroatoms. The minimum atomic E-state index is -3.82. The van der Waals surface area contributed by atoms with Gasteiger partial charge in [0.05, 0.1) is 21.5 Å². The highest BCUT2D eigenvalue weighted by Crippen LogP contribution is 2.20. The van der Waals surface area contributed by atoms with Crippen LogP contribution in [0.25, 0.3) is 0 Å². The molecule has 0 spiro atoms. The van der Waals surface area contributed by atoms with Gasteiger partial charge in [0, 0.05) is 26.2 Å². The molecule has 1 aliphatic rings. The largest absolute Gasteiger partial charge is 0.338 e. The van der Waals surface area contributed by atoms with Gasteiger partial charge in [0.15, 0.2) is 0 Å². The van der Waals surface area contributed by atoms with Crippen molar-refractivity contribution in [2.24, 2.45) is 0 Å². The molecular weight excluding hydrogens is 433 g/mol. The summed E-state index contributed by atoms with van der Waals surface area (Å²) in [7, 11) is -3.82. The van der Waals surface area contributed by atoms with Crippen molar-refractivity contribution in [3.05, 3.63) is 64.9 Å². The Bertz CT molecular complexity index is 1040. The highest BCUT2D eigenvalue weighted by atomic mass is 35.5. The highest BCUT2D eigenvalue weighted by molar-refractivity contribution is 7.89. The average Bonchev–Trinajstić information content (AvgIpc) is 2.73. The molecule has 1 saturated heterocycles. The van der Waals surface area contributed by atoms with E-state index in [0.29, 0.717) is 0 Å². The van der Waals surface area contributed by atoms with Gasteiger partial charge >= 0.3 is 0 Å². The standard InChI is InChI=1S/C20H21ClFN3O4S/c1-14(23-30(28,29)16-5-3-2-4-6-16)19(26)24-9-11-25(12-10-24)20(27)17-8-7-15(22)13-18(17)21/h2-8,13-14,23H,9-12H2,1H3/t14-/m0/s1. The molecule has 0 saturated carbocycles. The van der Waals surface area contributed by atoms with Crippen LogP contribution >= 0.6 is 11.6 Å². The predicted molar refractivity (Wildman–Crippen MR) is 110 cm³/mol. The van der Waals surface area contributed by atoms with E-state index < -0.39 is 21.9 Å². The second-order valence-corrected chi connectivity index (χ2v) is 9.02. The Morgan fingerprint density at radius 1 is 1.03 bits per heavy atom. The normalized spacial score (nSPS) is 15.7. The van der Waals surface area contributed by atoms with Crippen LogP contribution < -0.4 is 4.72 Å². The summed E-state index contributed by atoms with van der Waals surface area (Å²) < 4.78 is 40.4. The molecule has 160 valence electrons. The van der Waals surface area contributed by atoms with E-state index in [1.54, 1.807) is 18.2 Å². The van der Waals surface area contributed by atoms with Crippen molar-refractivity contribution < 1.29 is 22.4 Å². The molecule has 1 heterocycles. The van der Waals surface area contributed by atoms with Crippen LogP contribution in [-0.2, 0) is 14.8 Å². The van der Waals surface area contributed by atoms with Crippen LogP contribution in [0.2, 0.25) is 5.02 Å². The first-order valence-electron chi connectivity index (χ1n) is 9.29. The van der Waals surface area contributed by atoms with Gasteiger partial charge in [0.25, 0.3) is 5.91 Å². The molecule has 0 aliphatic carbocycles. The van der Waals surface area contributed by atoms with Crippen molar-refractivity contribution in [1.29, 1.82) is 0 Å². The lowest BCUT2D eigenvalue weighted by Crippen LogP contribution is -2.55. The van der Waals surface area contributed by atoms with E-state index in [-0.39, 0.29) is 53.5 Å². The minimum absolute atomic E-state index is 0.0300. The van der Waals surface area contributed by atoms with Gasteiger partial charge in [0.1, 0.15) is 5.82 Å². The second kappa shape index (κ2) is 9.11. The minimum Gasteiger partial charge on any atom is -0.338 e. The Balaban J connectivity index is 1.59. The van der Waals surface area contributed by atoms with Crippen LogP contribution in [0.15, 0.2) is 53.4 Å². The lowest BCUT2D eigenvalue weighted by atomic mass is 10.1. The fourth-order valence-corrected chi connectivity index (χ4v) is 4.65. The molecule has 1 N–H and O–H groups in total. The number of hydrogen-bond acceptors (Lipinski definition) is 4. The zero-order chi connectivity index (χ0) is 21.9. The third-order valence-electron chi connectivity index (χ3n) is 4.80. The van der Waals surface area contributed by atoms with E-state index in [0.717, 1.165) is 6.07 Å². The Kier molecular flexibility index (Phi) is 6.74. The second-order valence-electron chi connectivity index (χ2n) is 6.90. The number of sulfonamides is 1. The van der Waals surface area contributed by atoms with Gasteiger partial charge < -0.3 is 9.80 Å². The van der Waals surface area contributed by atoms with Crippen LogP contribution in [0, 0.1) is 5.82 Å². The Hall–Kier alpha value is -2.49. The molecule has 3 rings (SSSR count). The summed E-state index contributed by atoms with van der Waals surface area (Å²) >= 11 is 5.96. The van der Waals surface area contributed by atoms with Crippen molar-refractivity contribution in [2.45, 2.75) is 17.9 Å². The van der Waals surface area contributed by atoms with Gasteiger partial charge in [-0.2, -0.15) is 4.72 Å². The van der Waals surface area contributed by atoms with E-state index in [2.05, 4.69) is 4.72 Å². The number of rotatable bonds is 5. The lowest BCUT2D eigenvalue weighted by molar-refractivity contribution is -0.134. The summed E-state index contributed by atoms with van der Waals surface area (Å²) in [5, 5.41) is 0.0300. The van der Waals surface area contributed by atoms with Crippen molar-refractivity contribution in [3.63, 3.8) is 0 Å². The van der Waals surface area contributed by atoms with Crippen LogP contribution in [-0.4, -0.2) is 62.3 Å². The van der Waals surface area contributed by atoms with Gasteiger partial charge in [0.2, 0.25) is 15.9 Å². The van der Waals surface area contributed by atoms with E-state index in [1.165, 1.54) is 41.0 Å². The quantitative estimate of drug-likeness (QED) is 0.751. The number of hydrogen-bond donors (Lipinski definition) is 1. The molecule has 0 radical (unpaired) electrons. The summed E-state index contributed by atoms with van der Waals surface area (Å²) in [6, 6.07) is 10.4. The van der Waals surface area contributed by atoms with E-state index in [9.17, 15) is 22.4 Å². The number of carbonyl (C=O) groups is 2. The third kappa shape index (κ3) is 4.97. The predicted octanol–water partition coefficient (Wildman–Crippen LogP) is 2.13. The zero-order valence-corrected chi connectivity index (χ0v) is 17.8. The van der Waals surface area contributed by atoms with Gasteiger partial charge in [-0.3, -0.25) is 9.59 Å². The molecule has 1 aliphatic heterocycles. The van der Waals surface area contributed by atoms with Crippen LogP contribution in [0.3, 0.4) is 0 Å². The number of nitrogens with zero attached hydrogens (tertiary/aromatic N) is 2. The van der Waals surface area contributed by atoms with E-state index in [4.69, 9.17) is 11.6 Å². The molecule has 1 atom stereocenters. The highest BCUT2D eigenvalue weighted by Gasteiger charge is 2.30. The first-order valence-corrected chi connectivity index (χ1v) is 11.2.